The molecule has 0 N–H and O–H groups in total. The fourth-order valence-electron chi connectivity index (χ4n) is 5.19. The zero-order chi connectivity index (χ0) is 25.2. The average Bonchev–Trinajstić information content (AvgIpc) is 3.07. The monoisotopic (exact) mass is 475 g/mol. The van der Waals surface area contributed by atoms with Gasteiger partial charge in [0, 0.05) is 18.8 Å². The van der Waals surface area contributed by atoms with E-state index in [2.05, 4.69) is 6.07 Å². The Bertz CT molecular complexity index is 1180. The van der Waals surface area contributed by atoms with Crippen LogP contribution in [0, 0.1) is 25.2 Å². The van der Waals surface area contributed by atoms with Crippen molar-refractivity contribution < 1.29 is 23.9 Å². The van der Waals surface area contributed by atoms with Crippen LogP contribution >= 0.6 is 0 Å². The van der Waals surface area contributed by atoms with Gasteiger partial charge >= 0.3 is 6.16 Å². The van der Waals surface area contributed by atoms with Gasteiger partial charge in [0.1, 0.15) is 5.54 Å². The van der Waals surface area contributed by atoms with Gasteiger partial charge in [0.05, 0.1) is 30.9 Å². The van der Waals surface area contributed by atoms with Crippen LogP contribution in [-0.2, 0) is 19.1 Å². The van der Waals surface area contributed by atoms with Gasteiger partial charge in [0.25, 0.3) is 5.91 Å². The topological polar surface area (TPSA) is 92.1 Å². The van der Waals surface area contributed by atoms with Gasteiger partial charge < -0.3 is 14.3 Å². The van der Waals surface area contributed by atoms with Gasteiger partial charge in [-0.1, -0.05) is 18.2 Å². The Morgan fingerprint density at radius 2 is 1.74 bits per heavy atom. The highest BCUT2D eigenvalue weighted by Gasteiger charge is 2.56. The van der Waals surface area contributed by atoms with E-state index in [9.17, 15) is 14.9 Å². The summed E-state index contributed by atoms with van der Waals surface area (Å²) < 4.78 is 11.0. The minimum Gasteiger partial charge on any atom is -0.434 e. The number of hydrogen-bond acceptors (Lipinski definition) is 7. The second-order valence-corrected chi connectivity index (χ2v) is 8.71. The first-order valence-electron chi connectivity index (χ1n) is 11.7. The average molecular weight is 476 g/mol. The van der Waals surface area contributed by atoms with E-state index in [0.29, 0.717) is 48.3 Å². The van der Waals surface area contributed by atoms with E-state index in [1.165, 1.54) is 0 Å². The quantitative estimate of drug-likeness (QED) is 0.588. The van der Waals surface area contributed by atoms with Crippen LogP contribution in [0.5, 0.6) is 0 Å². The van der Waals surface area contributed by atoms with E-state index in [1.807, 2.05) is 49.2 Å². The number of nitrogens with zero attached hydrogens (tertiary/aromatic N) is 3. The van der Waals surface area contributed by atoms with Crippen LogP contribution in [0.3, 0.4) is 0 Å². The largest absolute Gasteiger partial charge is 0.513 e. The van der Waals surface area contributed by atoms with E-state index < -0.39 is 11.7 Å². The summed E-state index contributed by atoms with van der Waals surface area (Å²) in [6.07, 6.45) is 0.141. The molecule has 0 atom stereocenters. The lowest BCUT2D eigenvalue weighted by atomic mass is 9.83. The van der Waals surface area contributed by atoms with Crippen LogP contribution in [0.15, 0.2) is 48.2 Å². The van der Waals surface area contributed by atoms with Crippen LogP contribution < -0.4 is 4.90 Å². The number of hydrogen-bond donors (Lipinski definition) is 0. The first-order chi connectivity index (χ1) is 16.9. The zero-order valence-corrected chi connectivity index (χ0v) is 20.5. The van der Waals surface area contributed by atoms with Crippen molar-refractivity contribution in [2.75, 3.05) is 31.7 Å². The molecular formula is C27H29N3O5. The highest BCUT2D eigenvalue weighted by molar-refractivity contribution is 6.31. The third-order valence-corrected chi connectivity index (χ3v) is 6.68. The molecule has 2 heterocycles. The van der Waals surface area contributed by atoms with Crippen molar-refractivity contribution in [2.24, 2.45) is 0 Å². The van der Waals surface area contributed by atoms with E-state index in [4.69, 9.17) is 14.3 Å². The lowest BCUT2D eigenvalue weighted by Gasteiger charge is -2.44. The molecule has 1 fully saturated rings. The smallest absolute Gasteiger partial charge is 0.434 e. The van der Waals surface area contributed by atoms with Crippen LogP contribution in [-0.4, -0.2) is 49.5 Å². The minimum atomic E-state index is -0.900. The van der Waals surface area contributed by atoms with Crippen LogP contribution in [0.2, 0.25) is 0 Å². The molecule has 182 valence electrons. The van der Waals surface area contributed by atoms with E-state index in [1.54, 1.807) is 31.1 Å². The lowest BCUT2D eigenvalue weighted by Crippen LogP contribution is -2.55. The maximum Gasteiger partial charge on any atom is 0.513 e. The Morgan fingerprint density at radius 1 is 1.11 bits per heavy atom. The summed E-state index contributed by atoms with van der Waals surface area (Å²) >= 11 is 0. The number of amides is 1. The summed E-state index contributed by atoms with van der Waals surface area (Å²) in [6, 6.07) is 15.1. The minimum absolute atomic E-state index is 0.150. The van der Waals surface area contributed by atoms with Crippen molar-refractivity contribution in [1.29, 1.82) is 5.26 Å². The summed E-state index contributed by atoms with van der Waals surface area (Å²) in [5.41, 5.74) is 2.83. The summed E-state index contributed by atoms with van der Waals surface area (Å²) in [6.45, 7) is 6.65. The number of anilines is 1. The predicted molar refractivity (Wildman–Crippen MR) is 130 cm³/mol. The molecule has 1 amide bonds. The Balaban J connectivity index is 1.98. The number of hydroxylamine groups is 2. The number of carbonyl (C=O) groups excluding carboxylic acids is 2. The number of ether oxygens (including phenoxy) is 2. The molecule has 4 rings (SSSR count). The van der Waals surface area contributed by atoms with Gasteiger partial charge in [-0.05, 0) is 74.6 Å². The number of benzene rings is 2. The van der Waals surface area contributed by atoms with E-state index >= 15 is 0 Å². The summed E-state index contributed by atoms with van der Waals surface area (Å²) in [5.74, 6) is 0.0359. The number of aryl methyl sites for hydroxylation is 2. The van der Waals surface area contributed by atoms with E-state index in [0.717, 1.165) is 11.1 Å². The Morgan fingerprint density at radius 3 is 2.29 bits per heavy atom. The number of rotatable bonds is 5. The molecule has 2 aromatic carbocycles. The number of carbonyl (C=O) groups is 2. The van der Waals surface area contributed by atoms with Crippen LogP contribution in [0.4, 0.5) is 10.5 Å². The third kappa shape index (κ3) is 4.29. The van der Waals surface area contributed by atoms with Crippen molar-refractivity contribution in [3.63, 3.8) is 0 Å². The maximum absolute atomic E-state index is 14.3. The normalized spacial score (nSPS) is 17.6. The second kappa shape index (κ2) is 9.90. The second-order valence-electron chi connectivity index (χ2n) is 8.71. The fraction of sp³-hybridized carbons (Fsp3) is 0.370. The highest BCUT2D eigenvalue weighted by Crippen LogP contribution is 2.50. The van der Waals surface area contributed by atoms with Crippen LogP contribution in [0.25, 0.3) is 5.57 Å². The molecule has 0 saturated carbocycles. The molecule has 8 heteroatoms. The predicted octanol–water partition coefficient (Wildman–Crippen LogP) is 4.50. The van der Waals surface area contributed by atoms with Crippen molar-refractivity contribution in [3.05, 3.63) is 70.5 Å². The Labute approximate surface area is 205 Å². The molecule has 1 spiro atoms. The summed E-state index contributed by atoms with van der Waals surface area (Å²) in [5, 5.41) is 11.3. The molecule has 2 aliphatic heterocycles. The number of para-hydroxylation sites is 1. The number of nitriles is 1. The highest BCUT2D eigenvalue weighted by atomic mass is 16.7. The Kier molecular flexibility index (Phi) is 6.92. The van der Waals surface area contributed by atoms with Gasteiger partial charge in [-0.25, -0.2) is 4.79 Å². The molecule has 8 nitrogen and oxygen atoms in total. The molecule has 0 aromatic heterocycles. The zero-order valence-electron chi connectivity index (χ0n) is 20.5. The SMILES string of the molecule is CCOC(=O)OC1=C(c2c(C)cc(C#N)cc2C)C(=O)N(c2ccccc2)C12CCN(OC)CC2. The van der Waals surface area contributed by atoms with Gasteiger partial charge in [-0.15, -0.1) is 0 Å². The van der Waals surface area contributed by atoms with Gasteiger partial charge in [0.15, 0.2) is 5.76 Å². The molecule has 0 aliphatic carbocycles. The van der Waals surface area contributed by atoms with Gasteiger partial charge in [0.2, 0.25) is 0 Å². The van der Waals surface area contributed by atoms with Crippen molar-refractivity contribution in [3.8, 4) is 6.07 Å². The van der Waals surface area contributed by atoms with Crippen LogP contribution in [0.1, 0.15) is 42.0 Å². The molecule has 0 bridgehead atoms. The molecule has 1 saturated heterocycles. The summed E-state index contributed by atoms with van der Waals surface area (Å²) in [7, 11) is 1.62. The molecule has 0 unspecified atom stereocenters. The molecule has 35 heavy (non-hydrogen) atoms. The van der Waals surface area contributed by atoms with E-state index in [-0.39, 0.29) is 18.3 Å². The molecule has 2 aliphatic rings. The Hall–Kier alpha value is -3.67. The number of piperidine rings is 1. The van der Waals surface area contributed by atoms with Crippen molar-refractivity contribution in [1.82, 2.24) is 5.06 Å². The van der Waals surface area contributed by atoms with Crippen molar-refractivity contribution in [2.45, 2.75) is 39.2 Å². The standard InChI is InChI=1S/C27H29N3O5/c1-5-34-26(32)35-24-23(22-18(2)15-20(17-28)16-19(22)3)25(31)30(21-9-7-6-8-10-21)27(24)11-13-29(33-4)14-12-27/h6-10,15-16H,5,11-14H2,1-4H3. The first kappa shape index (κ1) is 24.5. The first-order valence-corrected chi connectivity index (χ1v) is 11.7. The molecule has 2 aromatic rings. The summed E-state index contributed by atoms with van der Waals surface area (Å²) in [4.78, 5) is 34.1. The fourth-order valence-corrected chi connectivity index (χ4v) is 5.19. The van der Waals surface area contributed by atoms with Gasteiger partial charge in [-0.2, -0.15) is 10.3 Å². The molecule has 0 radical (unpaired) electrons. The van der Waals surface area contributed by atoms with Gasteiger partial charge in [-0.3, -0.25) is 9.69 Å². The maximum atomic E-state index is 14.3. The third-order valence-electron chi connectivity index (χ3n) is 6.68. The molecular weight excluding hydrogens is 446 g/mol. The van der Waals surface area contributed by atoms with Crippen molar-refractivity contribution >= 4 is 23.3 Å². The lowest BCUT2D eigenvalue weighted by molar-refractivity contribution is -0.150.